The van der Waals surface area contributed by atoms with Gasteiger partial charge in [0.2, 0.25) is 0 Å². The number of aromatic hydroxyl groups is 2. The Hall–Kier alpha value is -2.88. The lowest BCUT2D eigenvalue weighted by molar-refractivity contribution is 0.0921. The highest BCUT2D eigenvalue weighted by Crippen LogP contribution is 2.39. The van der Waals surface area contributed by atoms with Gasteiger partial charge in [-0.05, 0) is 18.2 Å². The number of ketones is 1. The molecule has 0 aliphatic carbocycles. The number of Topliss-reactive ketones (excluding diaryl/α,β-unsaturated/α-hetero) is 1. The van der Waals surface area contributed by atoms with Crippen molar-refractivity contribution >= 4 is 27.2 Å². The molecule has 2 aromatic carbocycles. The number of fused-ring (bicyclic) bond motifs is 1. The van der Waals surface area contributed by atoms with E-state index in [4.69, 9.17) is 11.6 Å². The molecular formula is C21H20ClN3O5S. The second-order valence-corrected chi connectivity index (χ2v) is 9.95. The zero-order chi connectivity index (χ0) is 22.3. The summed E-state index contributed by atoms with van der Waals surface area (Å²) in [5.74, 6) is -0.485. The minimum absolute atomic E-state index is 0.102. The number of aromatic amines is 1. The van der Waals surface area contributed by atoms with Crippen molar-refractivity contribution in [1.29, 1.82) is 0 Å². The standard InChI is InChI=1S/C21H20ClN3O5S/c1-31(29,30)13-4-2-12(3-5-13)20(28)11-25-7-6-17-15(10-25)21(24-23-17)14-8-16(22)19(27)9-18(14)26/h2-5,8-9,26-27H,6-7,10-11H2,1H3,(H,23,24). The number of nitrogens with zero attached hydrogens (tertiary/aromatic N) is 2. The number of halogens is 1. The number of aromatic nitrogens is 2. The van der Waals surface area contributed by atoms with E-state index < -0.39 is 9.84 Å². The summed E-state index contributed by atoms with van der Waals surface area (Å²) in [6, 6.07) is 8.53. The van der Waals surface area contributed by atoms with Crippen LogP contribution in [0.4, 0.5) is 0 Å². The van der Waals surface area contributed by atoms with Gasteiger partial charge >= 0.3 is 0 Å². The van der Waals surface area contributed by atoms with Crippen molar-refractivity contribution in [2.45, 2.75) is 17.9 Å². The summed E-state index contributed by atoms with van der Waals surface area (Å²) in [4.78, 5) is 14.8. The van der Waals surface area contributed by atoms with Gasteiger partial charge in [-0.3, -0.25) is 14.8 Å². The van der Waals surface area contributed by atoms with Gasteiger partial charge in [0, 0.05) is 54.2 Å². The summed E-state index contributed by atoms with van der Waals surface area (Å²) in [7, 11) is -3.32. The van der Waals surface area contributed by atoms with Crippen LogP contribution in [0.15, 0.2) is 41.3 Å². The lowest BCUT2D eigenvalue weighted by atomic mass is 9.99. The second kappa shape index (κ2) is 7.99. The maximum atomic E-state index is 12.7. The molecular weight excluding hydrogens is 442 g/mol. The number of sulfone groups is 1. The Bertz CT molecular complexity index is 1270. The van der Waals surface area contributed by atoms with Gasteiger partial charge in [-0.25, -0.2) is 8.42 Å². The number of hydrogen-bond acceptors (Lipinski definition) is 7. The fourth-order valence-electron chi connectivity index (χ4n) is 3.63. The minimum Gasteiger partial charge on any atom is -0.507 e. The predicted molar refractivity (Wildman–Crippen MR) is 115 cm³/mol. The van der Waals surface area contributed by atoms with Crippen LogP contribution in [0.2, 0.25) is 5.02 Å². The van der Waals surface area contributed by atoms with Crippen molar-refractivity contribution in [1.82, 2.24) is 15.1 Å². The Balaban J connectivity index is 1.54. The molecule has 2 heterocycles. The molecule has 0 radical (unpaired) electrons. The number of H-pyrrole nitrogens is 1. The molecule has 31 heavy (non-hydrogen) atoms. The SMILES string of the molecule is CS(=O)(=O)c1ccc(C(=O)CN2CCc3[nH]nc(-c4cc(Cl)c(O)cc4O)c3C2)cc1. The molecule has 10 heteroatoms. The molecule has 4 rings (SSSR count). The largest absolute Gasteiger partial charge is 0.507 e. The molecule has 1 aliphatic heterocycles. The van der Waals surface area contributed by atoms with Gasteiger partial charge in [0.25, 0.3) is 0 Å². The maximum absolute atomic E-state index is 12.7. The summed E-state index contributed by atoms with van der Waals surface area (Å²) in [6.45, 7) is 1.24. The first-order valence-electron chi connectivity index (χ1n) is 9.47. The topological polar surface area (TPSA) is 124 Å². The highest BCUT2D eigenvalue weighted by Gasteiger charge is 2.26. The molecule has 8 nitrogen and oxygen atoms in total. The molecule has 1 aliphatic rings. The van der Waals surface area contributed by atoms with Crippen LogP contribution in [0, 0.1) is 0 Å². The molecule has 0 amide bonds. The molecule has 1 aromatic heterocycles. The molecule has 0 saturated heterocycles. The van der Waals surface area contributed by atoms with E-state index in [1.165, 1.54) is 36.4 Å². The van der Waals surface area contributed by atoms with Gasteiger partial charge in [-0.2, -0.15) is 5.10 Å². The van der Waals surface area contributed by atoms with E-state index in [1.807, 2.05) is 4.90 Å². The van der Waals surface area contributed by atoms with Crippen molar-refractivity contribution in [3.8, 4) is 22.8 Å². The van der Waals surface area contributed by atoms with E-state index in [0.717, 1.165) is 17.5 Å². The fraction of sp³-hybridized carbons (Fsp3) is 0.238. The van der Waals surface area contributed by atoms with Gasteiger partial charge < -0.3 is 10.2 Å². The quantitative estimate of drug-likeness (QED) is 0.499. The number of benzene rings is 2. The Labute approximate surface area is 184 Å². The molecule has 0 atom stereocenters. The average molecular weight is 462 g/mol. The Morgan fingerprint density at radius 1 is 1.19 bits per heavy atom. The first-order chi connectivity index (χ1) is 14.6. The van der Waals surface area contributed by atoms with Crippen LogP contribution in [-0.2, 0) is 22.8 Å². The normalized spacial score (nSPS) is 14.4. The number of carbonyl (C=O) groups is 1. The molecule has 0 spiro atoms. The van der Waals surface area contributed by atoms with E-state index in [2.05, 4.69) is 10.2 Å². The second-order valence-electron chi connectivity index (χ2n) is 7.53. The molecule has 162 valence electrons. The van der Waals surface area contributed by atoms with Gasteiger partial charge in [-0.15, -0.1) is 0 Å². The monoisotopic (exact) mass is 461 g/mol. The predicted octanol–water partition coefficient (Wildman–Crippen LogP) is 2.79. The summed E-state index contributed by atoms with van der Waals surface area (Å²) in [6.07, 6.45) is 1.77. The number of hydrogen-bond donors (Lipinski definition) is 3. The third-order valence-corrected chi connectivity index (χ3v) is 6.74. The average Bonchev–Trinajstić information content (AvgIpc) is 3.13. The molecule has 0 fully saturated rings. The van der Waals surface area contributed by atoms with Crippen LogP contribution in [0.1, 0.15) is 21.6 Å². The Morgan fingerprint density at radius 3 is 2.58 bits per heavy atom. The molecule has 3 N–H and O–H groups in total. The zero-order valence-corrected chi connectivity index (χ0v) is 18.2. The molecule has 0 unspecified atom stereocenters. The number of carbonyl (C=O) groups excluding carboxylic acids is 1. The van der Waals surface area contributed by atoms with Gasteiger partial charge in [0.05, 0.1) is 16.5 Å². The third-order valence-electron chi connectivity index (χ3n) is 5.30. The summed E-state index contributed by atoms with van der Waals surface area (Å²) < 4.78 is 23.2. The van der Waals surface area contributed by atoms with E-state index in [9.17, 15) is 23.4 Å². The number of rotatable bonds is 5. The lowest BCUT2D eigenvalue weighted by Crippen LogP contribution is -2.34. The van der Waals surface area contributed by atoms with Crippen molar-refractivity contribution in [3.63, 3.8) is 0 Å². The maximum Gasteiger partial charge on any atom is 0.176 e. The van der Waals surface area contributed by atoms with Crippen LogP contribution in [0.25, 0.3) is 11.3 Å². The fourth-order valence-corrected chi connectivity index (χ4v) is 4.43. The zero-order valence-electron chi connectivity index (χ0n) is 16.6. The number of phenolic OH excluding ortho intramolecular Hbond substituents is 2. The van der Waals surface area contributed by atoms with E-state index in [0.29, 0.717) is 36.3 Å². The summed E-state index contributed by atoms with van der Waals surface area (Å²) in [5.41, 5.74) is 3.12. The first kappa shape index (κ1) is 21.4. The first-order valence-corrected chi connectivity index (χ1v) is 11.7. The van der Waals surface area contributed by atoms with Crippen molar-refractivity contribution in [2.24, 2.45) is 0 Å². The Morgan fingerprint density at radius 2 is 1.90 bits per heavy atom. The summed E-state index contributed by atoms with van der Waals surface area (Å²) >= 11 is 6.00. The smallest absolute Gasteiger partial charge is 0.176 e. The molecule has 0 bridgehead atoms. The highest BCUT2D eigenvalue weighted by molar-refractivity contribution is 7.90. The minimum atomic E-state index is -3.32. The van der Waals surface area contributed by atoms with Gasteiger partial charge in [0.1, 0.15) is 17.2 Å². The van der Waals surface area contributed by atoms with Crippen LogP contribution in [-0.4, -0.2) is 58.9 Å². The van der Waals surface area contributed by atoms with E-state index >= 15 is 0 Å². The third kappa shape index (κ3) is 4.30. The lowest BCUT2D eigenvalue weighted by Gasteiger charge is -2.26. The summed E-state index contributed by atoms with van der Waals surface area (Å²) in [5, 5.41) is 27.3. The Kier molecular flexibility index (Phi) is 5.50. The number of phenols is 2. The molecule has 0 saturated carbocycles. The van der Waals surface area contributed by atoms with E-state index in [-0.39, 0.29) is 33.7 Å². The van der Waals surface area contributed by atoms with Crippen LogP contribution in [0.3, 0.4) is 0 Å². The van der Waals surface area contributed by atoms with Crippen molar-refractivity contribution < 1.29 is 23.4 Å². The van der Waals surface area contributed by atoms with Gasteiger partial charge in [-0.1, -0.05) is 23.7 Å². The highest BCUT2D eigenvalue weighted by atomic mass is 35.5. The van der Waals surface area contributed by atoms with E-state index in [1.54, 1.807) is 0 Å². The van der Waals surface area contributed by atoms with Crippen LogP contribution >= 0.6 is 11.6 Å². The van der Waals surface area contributed by atoms with Crippen LogP contribution < -0.4 is 0 Å². The van der Waals surface area contributed by atoms with Crippen molar-refractivity contribution in [2.75, 3.05) is 19.3 Å². The van der Waals surface area contributed by atoms with Gasteiger partial charge in [0.15, 0.2) is 15.6 Å². The van der Waals surface area contributed by atoms with Crippen LogP contribution in [0.5, 0.6) is 11.5 Å². The number of nitrogens with one attached hydrogen (secondary N) is 1. The molecule has 3 aromatic rings. The van der Waals surface area contributed by atoms with Crippen molar-refractivity contribution in [3.05, 3.63) is 58.2 Å².